The molecule has 8 nitrogen and oxygen atoms in total. The maximum atomic E-state index is 12.8. The van der Waals surface area contributed by atoms with Crippen LogP contribution in [0.15, 0.2) is 90.2 Å². The standard InChI is InChI=1S/C33H31N4O4S2.BrH/c1-19-26(29(33(40)41)37-28(19)27(20(2)38)30(37)39)25-17-36-18-35(31(42-3)32(36)43-25)15-22-10-8-21(9-11-22)14-34-13-12-23-6-4-5-7-24(23)16-34;/h4-13,16-20,27-28,38H,14-15H2,1-3H3;1H/q+1;/p-1/t19-,20+,27+,28+;/m0./s1. The first kappa shape index (κ1) is 30.5. The van der Waals surface area contributed by atoms with Crippen molar-refractivity contribution in [3.05, 3.63) is 101 Å². The zero-order chi connectivity index (χ0) is 30.0. The van der Waals surface area contributed by atoms with E-state index in [0.29, 0.717) is 12.1 Å². The van der Waals surface area contributed by atoms with E-state index in [1.54, 1.807) is 18.7 Å². The minimum Gasteiger partial charge on any atom is -1.00 e. The first-order chi connectivity index (χ1) is 20.7. The van der Waals surface area contributed by atoms with Crippen molar-refractivity contribution in [1.29, 1.82) is 0 Å². The number of thioether (sulfide) groups is 1. The molecular formula is C33H31BrN4O4S2. The minimum atomic E-state index is -1.36. The predicted molar refractivity (Wildman–Crippen MR) is 163 cm³/mol. The molecule has 2 aliphatic rings. The number of aliphatic carboxylic acids is 1. The topological polar surface area (TPSA) is 92.8 Å². The van der Waals surface area contributed by atoms with Crippen LogP contribution in [0.25, 0.3) is 21.2 Å². The number of carbonyl (C=O) groups excluding carboxylic acids is 2. The van der Waals surface area contributed by atoms with Gasteiger partial charge < -0.3 is 36.9 Å². The molecule has 0 spiro atoms. The fraction of sp³-hybridized carbons (Fsp3) is 0.273. The van der Waals surface area contributed by atoms with E-state index < -0.39 is 18.0 Å². The molecule has 7 rings (SSSR count). The first-order valence-electron chi connectivity index (χ1n) is 14.3. The summed E-state index contributed by atoms with van der Waals surface area (Å²) >= 11 is 3.16. The number of fused-ring (bicyclic) bond motifs is 3. The molecule has 0 aliphatic carbocycles. The lowest BCUT2D eigenvalue weighted by atomic mass is 9.77. The van der Waals surface area contributed by atoms with Crippen LogP contribution in [-0.2, 0) is 22.7 Å². The summed E-state index contributed by atoms with van der Waals surface area (Å²) in [6.07, 6.45) is 9.47. The van der Waals surface area contributed by atoms with E-state index in [0.717, 1.165) is 21.3 Å². The SMILES string of the molecule is CSc1c2sc(C3=C(C(=O)[O-])N4C(=O)[C@H]([C@@H](C)O)[C@H]4[C@H]3C)cn2c[n+]1Cc1ccc(C[n+]2ccc3ccccc3c2)cc1.[Br-]. The predicted octanol–water partition coefficient (Wildman–Crippen LogP) is -0.130. The lowest BCUT2D eigenvalue weighted by Crippen LogP contribution is -3.00. The number of imidazole rings is 1. The van der Waals surface area contributed by atoms with Gasteiger partial charge in [-0.25, -0.2) is 9.13 Å². The Balaban J connectivity index is 0.00000343. The van der Waals surface area contributed by atoms with Crippen molar-refractivity contribution in [2.24, 2.45) is 11.8 Å². The second-order valence-electron chi connectivity index (χ2n) is 11.4. The van der Waals surface area contributed by atoms with Crippen LogP contribution in [0.1, 0.15) is 29.9 Å². The summed E-state index contributed by atoms with van der Waals surface area (Å²) in [6.45, 7) is 5.01. The molecule has 4 atom stereocenters. The van der Waals surface area contributed by atoms with Crippen molar-refractivity contribution in [2.45, 2.75) is 44.1 Å². The number of benzene rings is 2. The zero-order valence-electron chi connectivity index (χ0n) is 24.4. The number of aliphatic hydroxyl groups excluding tert-OH is 1. The van der Waals surface area contributed by atoms with Gasteiger partial charge in [-0.2, -0.15) is 4.40 Å². The third-order valence-corrected chi connectivity index (χ3v) is 10.8. The van der Waals surface area contributed by atoms with Crippen LogP contribution >= 0.6 is 23.1 Å². The lowest BCUT2D eigenvalue weighted by molar-refractivity contribution is -0.721. The van der Waals surface area contributed by atoms with E-state index in [4.69, 9.17) is 0 Å². The first-order valence-corrected chi connectivity index (χ1v) is 16.3. The molecule has 2 aromatic carbocycles. The number of pyridine rings is 1. The van der Waals surface area contributed by atoms with E-state index in [1.807, 2.05) is 30.1 Å². The van der Waals surface area contributed by atoms with Crippen molar-refractivity contribution in [1.82, 2.24) is 9.30 Å². The quantitative estimate of drug-likeness (QED) is 0.139. The van der Waals surface area contributed by atoms with Gasteiger partial charge >= 0.3 is 0 Å². The van der Waals surface area contributed by atoms with Crippen LogP contribution in [0.2, 0.25) is 0 Å². The van der Waals surface area contributed by atoms with Crippen molar-refractivity contribution in [2.75, 3.05) is 6.26 Å². The molecule has 226 valence electrons. The number of β-lactam (4-membered cyclic amide) rings is 1. The number of carboxylic acids is 1. The summed E-state index contributed by atoms with van der Waals surface area (Å²) in [6, 6.07) is 18.8. The summed E-state index contributed by atoms with van der Waals surface area (Å²) in [5, 5.41) is 25.9. The molecule has 0 unspecified atom stereocenters. The van der Waals surface area contributed by atoms with Crippen molar-refractivity contribution < 1.29 is 45.9 Å². The summed E-state index contributed by atoms with van der Waals surface area (Å²) in [4.78, 5) is 28.1. The minimum absolute atomic E-state index is 0. The van der Waals surface area contributed by atoms with Gasteiger partial charge in [-0.15, -0.1) is 0 Å². The molecule has 1 amide bonds. The molecule has 3 aromatic heterocycles. The Bertz CT molecular complexity index is 1950. The normalized spacial score (nSPS) is 20.1. The highest BCUT2D eigenvalue weighted by atomic mass is 79.9. The molecular weight excluding hydrogens is 660 g/mol. The smallest absolute Gasteiger partial charge is 0.250 e. The van der Waals surface area contributed by atoms with Gasteiger partial charge in [0.05, 0.1) is 34.6 Å². The van der Waals surface area contributed by atoms with Crippen LogP contribution in [0.3, 0.4) is 0 Å². The third kappa shape index (κ3) is 4.95. The molecule has 44 heavy (non-hydrogen) atoms. The number of amides is 1. The van der Waals surface area contributed by atoms with Crippen molar-refractivity contribution in [3.63, 3.8) is 0 Å². The molecule has 0 bridgehead atoms. The zero-order valence-corrected chi connectivity index (χ0v) is 27.6. The number of aromatic nitrogens is 3. The molecule has 2 aliphatic heterocycles. The summed E-state index contributed by atoms with van der Waals surface area (Å²) in [7, 11) is 0. The Morgan fingerprint density at radius 3 is 2.43 bits per heavy atom. The van der Waals surface area contributed by atoms with Crippen LogP contribution < -0.4 is 31.2 Å². The van der Waals surface area contributed by atoms with Crippen LogP contribution in [-0.4, -0.2) is 44.7 Å². The van der Waals surface area contributed by atoms with E-state index in [2.05, 4.69) is 76.1 Å². The van der Waals surface area contributed by atoms with Crippen LogP contribution in [0.5, 0.6) is 0 Å². The van der Waals surface area contributed by atoms with Gasteiger partial charge in [0.15, 0.2) is 18.9 Å². The lowest BCUT2D eigenvalue weighted by Gasteiger charge is -2.47. The Hall–Kier alpha value is -3.51. The largest absolute Gasteiger partial charge is 1.00 e. The third-order valence-electron chi connectivity index (χ3n) is 8.72. The maximum Gasteiger partial charge on any atom is 0.250 e. The molecule has 1 N–H and O–H groups in total. The Labute approximate surface area is 273 Å². The Morgan fingerprint density at radius 2 is 1.77 bits per heavy atom. The van der Waals surface area contributed by atoms with Crippen molar-refractivity contribution >= 4 is 56.2 Å². The Morgan fingerprint density at radius 1 is 1.09 bits per heavy atom. The highest BCUT2D eigenvalue weighted by Gasteiger charge is 2.59. The molecule has 0 radical (unpaired) electrons. The van der Waals surface area contributed by atoms with Gasteiger partial charge in [0.25, 0.3) is 6.33 Å². The number of halogens is 1. The Kier molecular flexibility index (Phi) is 8.17. The number of carbonyl (C=O) groups is 2. The average molecular weight is 692 g/mol. The van der Waals surface area contributed by atoms with Gasteiger partial charge in [0.1, 0.15) is 12.7 Å². The number of rotatable bonds is 8. The summed E-state index contributed by atoms with van der Waals surface area (Å²) < 4.78 is 6.44. The van der Waals surface area contributed by atoms with E-state index in [9.17, 15) is 19.8 Å². The van der Waals surface area contributed by atoms with Crippen LogP contribution in [0, 0.1) is 11.8 Å². The molecule has 1 saturated heterocycles. The summed E-state index contributed by atoms with van der Waals surface area (Å²) in [5.74, 6) is -2.55. The number of nitrogens with zero attached hydrogens (tertiary/aromatic N) is 4. The van der Waals surface area contributed by atoms with Gasteiger partial charge in [-0.3, -0.25) is 4.79 Å². The highest BCUT2D eigenvalue weighted by Crippen LogP contribution is 2.51. The maximum absolute atomic E-state index is 12.8. The molecule has 0 saturated carbocycles. The molecule has 5 heterocycles. The van der Waals surface area contributed by atoms with Gasteiger partial charge in [-0.1, -0.05) is 72.5 Å². The van der Waals surface area contributed by atoms with E-state index in [-0.39, 0.29) is 40.5 Å². The molecule has 11 heteroatoms. The molecule has 5 aromatic rings. The average Bonchev–Trinajstić information content (AvgIpc) is 3.60. The second-order valence-corrected chi connectivity index (χ2v) is 13.3. The fourth-order valence-corrected chi connectivity index (χ4v) is 8.87. The monoisotopic (exact) mass is 690 g/mol. The number of thiazole rings is 1. The van der Waals surface area contributed by atoms with Crippen molar-refractivity contribution in [3.8, 4) is 0 Å². The van der Waals surface area contributed by atoms with E-state index >= 15 is 0 Å². The van der Waals surface area contributed by atoms with E-state index in [1.165, 1.54) is 38.1 Å². The fourth-order valence-electron chi connectivity index (χ4n) is 6.69. The van der Waals surface area contributed by atoms with Gasteiger partial charge in [-0.05, 0) is 30.2 Å². The molecule has 1 fully saturated rings. The number of aliphatic hydroxyl groups is 1. The highest BCUT2D eigenvalue weighted by molar-refractivity contribution is 7.98. The van der Waals surface area contributed by atoms with Gasteiger partial charge in [0, 0.05) is 28.5 Å². The number of hydrogen-bond acceptors (Lipinski definition) is 6. The summed E-state index contributed by atoms with van der Waals surface area (Å²) in [5.41, 5.74) is 2.95. The van der Waals surface area contributed by atoms with Crippen LogP contribution in [0.4, 0.5) is 0 Å². The second kappa shape index (κ2) is 11.8. The number of hydrogen-bond donors (Lipinski definition) is 1. The van der Waals surface area contributed by atoms with Gasteiger partial charge in [0.2, 0.25) is 15.8 Å². The number of carboxylic acid groups (broad SMARTS) is 1.